The van der Waals surface area contributed by atoms with E-state index in [-0.39, 0.29) is 5.92 Å². The van der Waals surface area contributed by atoms with Crippen LogP contribution in [0.3, 0.4) is 0 Å². The van der Waals surface area contributed by atoms with Crippen molar-refractivity contribution in [2.24, 2.45) is 4.99 Å². The van der Waals surface area contributed by atoms with Gasteiger partial charge < -0.3 is 15.2 Å². The number of halogens is 2. The van der Waals surface area contributed by atoms with Gasteiger partial charge in [0.25, 0.3) is 0 Å². The molecule has 0 atom stereocenters. The van der Waals surface area contributed by atoms with Crippen LogP contribution in [0, 0.1) is 11.6 Å². The molecule has 0 saturated carbocycles. The Morgan fingerprint density at radius 3 is 2.73 bits per heavy atom. The quantitative estimate of drug-likeness (QED) is 0.556. The van der Waals surface area contributed by atoms with Gasteiger partial charge >= 0.3 is 0 Å². The Labute approximate surface area is 152 Å². The zero-order valence-corrected chi connectivity index (χ0v) is 15.4. The summed E-state index contributed by atoms with van der Waals surface area (Å²) < 4.78 is 32.0. The van der Waals surface area contributed by atoms with E-state index >= 15 is 0 Å². The number of nitrogens with zero attached hydrogens (tertiary/aromatic N) is 3. The Kier molecular flexibility index (Phi) is 7.50. The van der Waals surface area contributed by atoms with Gasteiger partial charge in [0.15, 0.2) is 11.8 Å². The molecule has 0 amide bonds. The lowest BCUT2D eigenvalue weighted by molar-refractivity contribution is 0.372. The highest BCUT2D eigenvalue weighted by molar-refractivity contribution is 5.79. The van der Waals surface area contributed by atoms with Crippen LogP contribution in [0.5, 0.6) is 0 Å². The summed E-state index contributed by atoms with van der Waals surface area (Å²) in [4.78, 5) is 8.74. The molecular formula is C18H25F2N5O. The molecule has 0 spiro atoms. The number of rotatable bonds is 8. The van der Waals surface area contributed by atoms with Gasteiger partial charge in [-0.15, -0.1) is 0 Å². The first-order valence-corrected chi connectivity index (χ1v) is 8.78. The molecule has 0 bridgehead atoms. The topological polar surface area (TPSA) is 75.3 Å². The first-order chi connectivity index (χ1) is 12.5. The molecular weight excluding hydrogens is 340 g/mol. The smallest absolute Gasteiger partial charge is 0.228 e. The molecule has 2 N–H and O–H groups in total. The summed E-state index contributed by atoms with van der Waals surface area (Å²) in [5.74, 6) is 1.21. The normalized spacial score (nSPS) is 11.8. The Hall–Kier alpha value is -2.51. The number of benzene rings is 1. The highest BCUT2D eigenvalue weighted by Gasteiger charge is 2.09. The lowest BCUT2D eigenvalue weighted by Gasteiger charge is -2.11. The van der Waals surface area contributed by atoms with Gasteiger partial charge in [-0.3, -0.25) is 4.99 Å². The van der Waals surface area contributed by atoms with Crippen LogP contribution in [0.1, 0.15) is 44.0 Å². The zero-order valence-electron chi connectivity index (χ0n) is 15.4. The van der Waals surface area contributed by atoms with Gasteiger partial charge in [-0.25, -0.2) is 8.78 Å². The van der Waals surface area contributed by atoms with Crippen LogP contribution in [0.4, 0.5) is 8.78 Å². The molecule has 0 fully saturated rings. The maximum absolute atomic E-state index is 13.6. The van der Waals surface area contributed by atoms with E-state index in [2.05, 4.69) is 25.8 Å². The van der Waals surface area contributed by atoms with Crippen molar-refractivity contribution >= 4 is 5.96 Å². The molecule has 0 aliphatic heterocycles. The van der Waals surface area contributed by atoms with Gasteiger partial charge in [-0.05, 0) is 37.1 Å². The fourth-order valence-corrected chi connectivity index (χ4v) is 2.26. The minimum atomic E-state index is -0.442. The van der Waals surface area contributed by atoms with Crippen molar-refractivity contribution in [3.63, 3.8) is 0 Å². The lowest BCUT2D eigenvalue weighted by atomic mass is 10.1. The second kappa shape index (κ2) is 9.84. The van der Waals surface area contributed by atoms with Crippen molar-refractivity contribution in [2.45, 2.75) is 39.5 Å². The van der Waals surface area contributed by atoms with E-state index in [0.717, 1.165) is 12.1 Å². The van der Waals surface area contributed by atoms with Crippen LogP contribution >= 0.6 is 0 Å². The average Bonchev–Trinajstić information content (AvgIpc) is 3.07. The minimum absolute atomic E-state index is 0.221. The maximum atomic E-state index is 13.6. The van der Waals surface area contributed by atoms with E-state index < -0.39 is 11.6 Å². The van der Waals surface area contributed by atoms with Gasteiger partial charge in [0.1, 0.15) is 11.6 Å². The SMILES string of the molecule is CCNC(=NCCc1nc(C(C)C)no1)NCCc1cc(F)ccc1F. The first-order valence-electron chi connectivity index (χ1n) is 8.78. The Balaban J connectivity index is 1.84. The molecule has 1 aromatic heterocycles. The number of hydrogen-bond donors (Lipinski definition) is 2. The van der Waals surface area contributed by atoms with Gasteiger partial charge in [0, 0.05) is 25.4 Å². The van der Waals surface area contributed by atoms with Crippen LogP contribution in [0.25, 0.3) is 0 Å². The van der Waals surface area contributed by atoms with Crippen LogP contribution in [-0.2, 0) is 12.8 Å². The fourth-order valence-electron chi connectivity index (χ4n) is 2.26. The molecule has 0 radical (unpaired) electrons. The van der Waals surface area contributed by atoms with Crippen molar-refractivity contribution in [3.05, 3.63) is 47.1 Å². The first kappa shape index (κ1) is 19.8. The van der Waals surface area contributed by atoms with Crippen molar-refractivity contribution < 1.29 is 13.3 Å². The molecule has 6 nitrogen and oxygen atoms in total. The molecule has 2 aromatic rings. The summed E-state index contributed by atoms with van der Waals surface area (Å²) in [5, 5.41) is 10.1. The lowest BCUT2D eigenvalue weighted by Crippen LogP contribution is -2.38. The van der Waals surface area contributed by atoms with E-state index in [4.69, 9.17) is 4.52 Å². The van der Waals surface area contributed by atoms with E-state index in [1.54, 1.807) is 0 Å². The Bertz CT molecular complexity index is 730. The summed E-state index contributed by atoms with van der Waals surface area (Å²) >= 11 is 0. The molecule has 2 rings (SSSR count). The molecule has 0 saturated heterocycles. The maximum Gasteiger partial charge on any atom is 0.228 e. The summed E-state index contributed by atoms with van der Waals surface area (Å²) in [5.41, 5.74) is 0.334. The number of aliphatic imine (C=N–C) groups is 1. The van der Waals surface area contributed by atoms with Gasteiger partial charge in [-0.1, -0.05) is 19.0 Å². The summed E-state index contributed by atoms with van der Waals surface area (Å²) in [6.45, 7) is 7.56. The third-order valence-corrected chi connectivity index (χ3v) is 3.63. The van der Waals surface area contributed by atoms with Crippen LogP contribution in [0.15, 0.2) is 27.7 Å². The molecule has 0 aliphatic carbocycles. The standard InChI is InChI=1S/C18H25F2N5O/c1-4-21-18(22-9-7-13-11-14(19)5-6-15(13)20)23-10-8-16-24-17(12(2)3)25-26-16/h5-6,11-12H,4,7-10H2,1-3H3,(H2,21,22,23). The number of nitrogens with one attached hydrogen (secondary N) is 2. The van der Waals surface area contributed by atoms with Gasteiger partial charge in [0.2, 0.25) is 5.89 Å². The Morgan fingerprint density at radius 1 is 1.23 bits per heavy atom. The van der Waals surface area contributed by atoms with E-state index in [1.165, 1.54) is 6.07 Å². The summed E-state index contributed by atoms with van der Waals surface area (Å²) in [6.07, 6.45) is 0.893. The average molecular weight is 365 g/mol. The third kappa shape index (κ3) is 6.09. The van der Waals surface area contributed by atoms with Crippen LogP contribution in [-0.4, -0.2) is 35.7 Å². The molecule has 1 heterocycles. The van der Waals surface area contributed by atoms with Crippen LogP contribution in [0.2, 0.25) is 0 Å². The molecule has 26 heavy (non-hydrogen) atoms. The third-order valence-electron chi connectivity index (χ3n) is 3.63. The molecule has 8 heteroatoms. The zero-order chi connectivity index (χ0) is 18.9. The van der Waals surface area contributed by atoms with Gasteiger partial charge in [0.05, 0.1) is 6.54 Å². The number of aromatic nitrogens is 2. The van der Waals surface area contributed by atoms with Crippen molar-refractivity contribution in [2.75, 3.05) is 19.6 Å². The highest BCUT2D eigenvalue weighted by Crippen LogP contribution is 2.10. The predicted molar refractivity (Wildman–Crippen MR) is 96.1 cm³/mol. The van der Waals surface area contributed by atoms with Crippen molar-refractivity contribution in [1.82, 2.24) is 20.8 Å². The monoisotopic (exact) mass is 365 g/mol. The van der Waals surface area contributed by atoms with E-state index in [0.29, 0.717) is 55.7 Å². The minimum Gasteiger partial charge on any atom is -0.357 e. The second-order valence-corrected chi connectivity index (χ2v) is 6.12. The fraction of sp³-hybridized carbons (Fsp3) is 0.500. The second-order valence-electron chi connectivity index (χ2n) is 6.12. The largest absolute Gasteiger partial charge is 0.357 e. The van der Waals surface area contributed by atoms with E-state index in [9.17, 15) is 8.78 Å². The highest BCUT2D eigenvalue weighted by atomic mass is 19.1. The summed E-state index contributed by atoms with van der Waals surface area (Å²) in [7, 11) is 0. The number of guanidine groups is 1. The summed E-state index contributed by atoms with van der Waals surface area (Å²) in [6, 6.07) is 3.46. The molecule has 0 aliphatic rings. The molecule has 1 aromatic carbocycles. The predicted octanol–water partition coefficient (Wildman–Crippen LogP) is 2.81. The Morgan fingerprint density at radius 2 is 2.04 bits per heavy atom. The van der Waals surface area contributed by atoms with E-state index in [1.807, 2.05) is 20.8 Å². The molecule has 0 unspecified atom stereocenters. The van der Waals surface area contributed by atoms with Gasteiger partial charge in [-0.2, -0.15) is 4.98 Å². The number of hydrogen-bond acceptors (Lipinski definition) is 4. The van der Waals surface area contributed by atoms with Crippen molar-refractivity contribution in [1.29, 1.82) is 0 Å². The van der Waals surface area contributed by atoms with Crippen LogP contribution < -0.4 is 10.6 Å². The van der Waals surface area contributed by atoms with Crippen molar-refractivity contribution in [3.8, 4) is 0 Å². The molecule has 142 valence electrons.